The van der Waals surface area contributed by atoms with E-state index in [1.165, 1.54) is 22.1 Å². The summed E-state index contributed by atoms with van der Waals surface area (Å²) in [7, 11) is 0. The first-order valence-electron chi connectivity index (χ1n) is 21.6. The average molecular weight is 813 g/mol. The molecule has 0 atom stereocenters. The minimum absolute atomic E-state index is 0.534. The second kappa shape index (κ2) is 16.1. The van der Waals surface area contributed by atoms with Gasteiger partial charge in [-0.2, -0.15) is 0 Å². The van der Waals surface area contributed by atoms with Crippen LogP contribution < -0.4 is 9.30 Å². The molecular weight excluding hydrogens is 769 g/mol. The highest BCUT2D eigenvalue weighted by Crippen LogP contribution is 2.38. The normalized spacial score (nSPS) is 11.5. The van der Waals surface area contributed by atoms with Crippen molar-refractivity contribution >= 4 is 32.8 Å². The summed E-state index contributed by atoms with van der Waals surface area (Å²) in [6, 6.07) is 72.6. The number of benzene rings is 8. The summed E-state index contributed by atoms with van der Waals surface area (Å²) in [5, 5.41) is 2.31. The molecule has 0 fully saturated rings. The lowest BCUT2D eigenvalue weighted by Gasteiger charge is -2.17. The van der Waals surface area contributed by atoms with E-state index < -0.39 is 0 Å². The molecule has 0 saturated carbocycles. The fourth-order valence-corrected chi connectivity index (χ4v) is 9.03. The summed E-state index contributed by atoms with van der Waals surface area (Å²) in [5.41, 5.74) is 14.4. The maximum absolute atomic E-state index is 6.79. The van der Waals surface area contributed by atoms with E-state index in [2.05, 4.69) is 234 Å². The summed E-state index contributed by atoms with van der Waals surface area (Å²) >= 11 is 0. The molecule has 302 valence electrons. The zero-order valence-electron chi connectivity index (χ0n) is 35.2. The van der Waals surface area contributed by atoms with Gasteiger partial charge < -0.3 is 4.74 Å². The largest absolute Gasteiger partial charge is 0.458 e. The van der Waals surface area contributed by atoms with Crippen LogP contribution in [-0.2, 0) is 6.42 Å². The lowest BCUT2D eigenvalue weighted by Crippen LogP contribution is -2.31. The molecule has 0 N–H and O–H groups in total. The van der Waals surface area contributed by atoms with Crippen molar-refractivity contribution in [3.8, 4) is 62.1 Å². The number of hydrogen-bond donors (Lipinski definition) is 0. The summed E-state index contributed by atoms with van der Waals surface area (Å²) in [6.07, 6.45) is 6.72. The third kappa shape index (κ3) is 7.13. The first kappa shape index (κ1) is 37.9. The minimum Gasteiger partial charge on any atom is -0.458 e. The Hall–Kier alpha value is -8.02. The molecule has 0 aliphatic carbocycles. The molecule has 8 aromatic carbocycles. The predicted octanol–water partition coefficient (Wildman–Crippen LogP) is 14.2. The van der Waals surface area contributed by atoms with Gasteiger partial charge in [-0.15, -0.1) is 0 Å². The smallest absolute Gasteiger partial charge is 0.269 e. The lowest BCUT2D eigenvalue weighted by atomic mass is 9.95. The predicted molar refractivity (Wildman–Crippen MR) is 257 cm³/mol. The maximum Gasteiger partial charge on any atom is 0.269 e. The summed E-state index contributed by atoms with van der Waals surface area (Å²) in [4.78, 5) is 4.94. The Morgan fingerprint density at radius 1 is 0.524 bits per heavy atom. The van der Waals surface area contributed by atoms with Gasteiger partial charge in [0.05, 0.1) is 33.4 Å². The molecule has 11 rings (SSSR count). The lowest BCUT2D eigenvalue weighted by molar-refractivity contribution is -0.571. The Balaban J connectivity index is 1.02. The van der Waals surface area contributed by atoms with Gasteiger partial charge in [-0.25, -0.2) is 4.98 Å². The second-order valence-corrected chi connectivity index (χ2v) is 16.5. The molecule has 0 bridgehead atoms. The Bertz CT molecular complexity index is 3360. The Labute approximate surface area is 367 Å². The quantitative estimate of drug-likeness (QED) is 0.102. The van der Waals surface area contributed by atoms with Crippen LogP contribution in [0.15, 0.2) is 212 Å². The zero-order valence-corrected chi connectivity index (χ0v) is 35.2. The van der Waals surface area contributed by atoms with Crippen LogP contribution in [0, 0.1) is 12.2 Å². The number of aromatic nitrogens is 4. The number of pyridine rings is 1. The molecule has 0 spiro atoms. The molecule has 0 aliphatic heterocycles. The second-order valence-electron chi connectivity index (χ2n) is 16.5. The van der Waals surface area contributed by atoms with E-state index >= 15 is 0 Å². The van der Waals surface area contributed by atoms with Gasteiger partial charge in [0.1, 0.15) is 17.3 Å². The molecule has 3 heterocycles. The third-order valence-corrected chi connectivity index (χ3v) is 11.8. The number of nitrogens with zero attached hydrogens (tertiary/aromatic N) is 4. The molecule has 3 aromatic heterocycles. The van der Waals surface area contributed by atoms with E-state index in [-0.39, 0.29) is 0 Å². The van der Waals surface area contributed by atoms with Crippen molar-refractivity contribution in [2.24, 2.45) is 5.92 Å². The van der Waals surface area contributed by atoms with Crippen molar-refractivity contribution in [3.63, 3.8) is 0 Å². The summed E-state index contributed by atoms with van der Waals surface area (Å²) < 4.78 is 13.4. The van der Waals surface area contributed by atoms with E-state index in [1.54, 1.807) is 0 Å². The van der Waals surface area contributed by atoms with E-state index in [9.17, 15) is 0 Å². The van der Waals surface area contributed by atoms with Crippen molar-refractivity contribution < 1.29 is 9.30 Å². The van der Waals surface area contributed by atoms with Gasteiger partial charge in [0.25, 0.3) is 6.33 Å². The fourth-order valence-electron chi connectivity index (χ4n) is 9.03. The van der Waals surface area contributed by atoms with E-state index in [0.717, 1.165) is 84.8 Å². The molecule has 0 aliphatic rings. The van der Waals surface area contributed by atoms with Crippen molar-refractivity contribution in [2.75, 3.05) is 0 Å². The monoisotopic (exact) mass is 812 g/mol. The van der Waals surface area contributed by atoms with Gasteiger partial charge in [0.15, 0.2) is 0 Å². The molecule has 0 radical (unpaired) electrons. The van der Waals surface area contributed by atoms with Gasteiger partial charge in [0.2, 0.25) is 0 Å². The van der Waals surface area contributed by atoms with Crippen LogP contribution in [0.3, 0.4) is 0 Å². The van der Waals surface area contributed by atoms with E-state index in [1.807, 2.05) is 12.3 Å². The third-order valence-electron chi connectivity index (χ3n) is 11.8. The summed E-state index contributed by atoms with van der Waals surface area (Å²) in [6.45, 7) is 4.51. The number of rotatable bonds is 10. The van der Waals surface area contributed by atoms with Crippen molar-refractivity contribution in [1.82, 2.24) is 14.1 Å². The van der Waals surface area contributed by atoms with E-state index in [4.69, 9.17) is 9.72 Å². The van der Waals surface area contributed by atoms with Crippen LogP contribution in [0.2, 0.25) is 0 Å². The highest BCUT2D eigenvalue weighted by molar-refractivity contribution is 6.10. The Kier molecular flexibility index (Phi) is 9.70. The van der Waals surface area contributed by atoms with Crippen LogP contribution >= 0.6 is 0 Å². The maximum atomic E-state index is 6.79. The standard InChI is InChI=1S/C58H44N4O/c1-40(2)34-41-32-33-59-57(35-41)62-53-31-28-45(42-16-6-3-7-17-42)36-52(53)51-30-29-48(38-56(51)62)63-47-23-14-22-46(37-47)60-39-61(55-27-13-12-26-54(55)60)58-49(43-18-8-4-9-19-43)24-15-25-50(58)44-20-10-5-11-21-44/h3-33,35-38,40H,34H2,1-2H3. The number of imidazole rings is 1. The molecular formula is C58H44N4O. The van der Waals surface area contributed by atoms with Crippen LogP contribution in [0.4, 0.5) is 0 Å². The molecule has 0 saturated heterocycles. The first-order chi connectivity index (χ1) is 31.1. The number of ether oxygens (including phenoxy) is 1. The molecule has 5 heteroatoms. The van der Waals surface area contributed by atoms with Gasteiger partial charge in [0, 0.05) is 23.0 Å². The number of para-hydroxylation sites is 3. The first-order valence-corrected chi connectivity index (χ1v) is 21.6. The molecule has 0 unspecified atom stereocenters. The van der Waals surface area contributed by atoms with Crippen molar-refractivity contribution in [2.45, 2.75) is 20.3 Å². The van der Waals surface area contributed by atoms with Gasteiger partial charge in [-0.1, -0.05) is 159 Å². The highest BCUT2D eigenvalue weighted by atomic mass is 16.5. The molecule has 5 nitrogen and oxygen atoms in total. The number of fused-ring (bicyclic) bond motifs is 4. The van der Waals surface area contributed by atoms with Gasteiger partial charge in [-0.05, 0) is 106 Å². The van der Waals surface area contributed by atoms with Gasteiger partial charge >= 0.3 is 0 Å². The fraction of sp³-hybridized carbons (Fsp3) is 0.0690. The SMILES string of the molecule is CC(C)Cc1ccnc(-n2c3ccc(-c4ccccc4)cc3c3ccc(Oc4cccc(-n5[c-][n+](-c6c(-c7ccccc7)cccc6-c6ccccc6)c6ccccc65)c4)cc32)c1. The zero-order chi connectivity index (χ0) is 42.3. The Morgan fingerprint density at radius 3 is 1.92 bits per heavy atom. The molecule has 0 amide bonds. The van der Waals surface area contributed by atoms with Crippen molar-refractivity contribution in [1.29, 1.82) is 0 Å². The van der Waals surface area contributed by atoms with Gasteiger partial charge in [-0.3, -0.25) is 13.7 Å². The number of hydrogen-bond acceptors (Lipinski definition) is 2. The summed E-state index contributed by atoms with van der Waals surface area (Å²) in [5.74, 6) is 2.90. The van der Waals surface area contributed by atoms with Crippen LogP contribution in [0.1, 0.15) is 19.4 Å². The van der Waals surface area contributed by atoms with Crippen molar-refractivity contribution in [3.05, 3.63) is 224 Å². The average Bonchev–Trinajstić information content (AvgIpc) is 3.88. The van der Waals surface area contributed by atoms with E-state index in [0.29, 0.717) is 5.92 Å². The van der Waals surface area contributed by atoms with Crippen LogP contribution in [0.25, 0.3) is 83.4 Å². The molecule has 63 heavy (non-hydrogen) atoms. The minimum atomic E-state index is 0.534. The van der Waals surface area contributed by atoms with Crippen LogP contribution in [0.5, 0.6) is 11.5 Å². The molecule has 11 aromatic rings. The highest BCUT2D eigenvalue weighted by Gasteiger charge is 2.21. The Morgan fingerprint density at radius 2 is 1.19 bits per heavy atom. The topological polar surface area (TPSA) is 35.9 Å². The van der Waals surface area contributed by atoms with Crippen LogP contribution in [-0.4, -0.2) is 14.1 Å².